The zero-order valence-electron chi connectivity index (χ0n) is 18.7. The van der Waals surface area contributed by atoms with Crippen LogP contribution in [0.15, 0.2) is 65.4 Å². The predicted octanol–water partition coefficient (Wildman–Crippen LogP) is 5.94. The highest BCUT2D eigenvalue weighted by Gasteiger charge is 2.27. The van der Waals surface area contributed by atoms with Gasteiger partial charge in [0.25, 0.3) is 0 Å². The Labute approximate surface area is 214 Å². The Bertz CT molecular complexity index is 1420. The summed E-state index contributed by atoms with van der Waals surface area (Å²) >= 11 is 9.51. The molecule has 0 spiro atoms. The number of anilines is 2. The molecule has 0 aliphatic carbocycles. The molecule has 11 heteroatoms. The molecule has 178 valence electrons. The average Bonchev–Trinajstić information content (AvgIpc) is 3.14. The normalized spacial score (nSPS) is 10.7. The van der Waals surface area contributed by atoms with Crippen LogP contribution in [0.3, 0.4) is 0 Å². The first-order chi connectivity index (χ1) is 16.8. The van der Waals surface area contributed by atoms with E-state index in [2.05, 4.69) is 31.3 Å². The van der Waals surface area contributed by atoms with E-state index in [-0.39, 0.29) is 33.4 Å². The van der Waals surface area contributed by atoms with Crippen molar-refractivity contribution in [2.24, 2.45) is 0 Å². The third-order valence-corrected chi connectivity index (χ3v) is 6.10. The van der Waals surface area contributed by atoms with Gasteiger partial charge in [-0.2, -0.15) is 0 Å². The van der Waals surface area contributed by atoms with Crippen LogP contribution in [0.5, 0.6) is 5.75 Å². The van der Waals surface area contributed by atoms with Gasteiger partial charge in [0.1, 0.15) is 16.0 Å². The second-order valence-electron chi connectivity index (χ2n) is 7.53. The zero-order chi connectivity index (χ0) is 25.1. The van der Waals surface area contributed by atoms with Crippen molar-refractivity contribution < 1.29 is 14.5 Å². The van der Waals surface area contributed by atoms with Crippen LogP contribution in [-0.4, -0.2) is 32.6 Å². The quantitative estimate of drug-likeness (QED) is 0.124. The van der Waals surface area contributed by atoms with Gasteiger partial charge in [-0.15, -0.1) is 5.10 Å². The third kappa shape index (κ3) is 5.18. The van der Waals surface area contributed by atoms with Gasteiger partial charge in [0, 0.05) is 11.8 Å². The lowest BCUT2D eigenvalue weighted by molar-refractivity contribution is -0.384. The van der Waals surface area contributed by atoms with Gasteiger partial charge in [-0.3, -0.25) is 19.6 Å². The summed E-state index contributed by atoms with van der Waals surface area (Å²) in [5.41, 5.74) is 1.84. The Balaban J connectivity index is 1.73. The molecule has 0 aliphatic heterocycles. The van der Waals surface area contributed by atoms with Gasteiger partial charge in [-0.05, 0) is 58.7 Å². The molecule has 0 bridgehead atoms. The van der Waals surface area contributed by atoms with Gasteiger partial charge in [0.05, 0.1) is 34.9 Å². The van der Waals surface area contributed by atoms with Crippen molar-refractivity contribution in [2.75, 3.05) is 12.4 Å². The maximum Gasteiger partial charge on any atom is 0.334 e. The van der Waals surface area contributed by atoms with Crippen molar-refractivity contribution in [3.63, 3.8) is 0 Å². The Kier molecular flexibility index (Phi) is 7.13. The molecule has 0 fully saturated rings. The molecule has 0 radical (unpaired) electrons. The number of carbonyl (C=O) groups excluding carboxylic acids is 1. The highest BCUT2D eigenvalue weighted by molar-refractivity contribution is 9.10. The summed E-state index contributed by atoms with van der Waals surface area (Å²) in [5, 5.41) is 19.6. The first kappa shape index (κ1) is 24.4. The summed E-state index contributed by atoms with van der Waals surface area (Å²) in [7, 11) is 1.58. The Morgan fingerprint density at radius 2 is 1.91 bits per heavy atom. The van der Waals surface area contributed by atoms with E-state index < -0.39 is 4.92 Å². The number of rotatable bonds is 8. The van der Waals surface area contributed by atoms with E-state index in [4.69, 9.17) is 16.3 Å². The van der Waals surface area contributed by atoms with Gasteiger partial charge in [0.15, 0.2) is 5.78 Å². The molecule has 35 heavy (non-hydrogen) atoms. The van der Waals surface area contributed by atoms with Crippen molar-refractivity contribution in [3.05, 3.63) is 103 Å². The monoisotopic (exact) mass is 555 g/mol. The zero-order valence-corrected chi connectivity index (χ0v) is 21.0. The number of carbonyl (C=O) groups is 1. The first-order valence-corrected chi connectivity index (χ1v) is 11.5. The number of nitrogens with one attached hydrogen (secondary N) is 1. The lowest BCUT2D eigenvalue weighted by Crippen LogP contribution is -2.08. The molecule has 9 nitrogen and oxygen atoms in total. The molecule has 2 aromatic carbocycles. The number of ketones is 1. The van der Waals surface area contributed by atoms with Crippen molar-refractivity contribution in [3.8, 4) is 5.75 Å². The van der Waals surface area contributed by atoms with Crippen LogP contribution in [0.2, 0.25) is 5.02 Å². The van der Waals surface area contributed by atoms with Gasteiger partial charge in [-0.25, -0.2) is 4.98 Å². The lowest BCUT2D eigenvalue weighted by atomic mass is 10.0. The van der Waals surface area contributed by atoms with Crippen molar-refractivity contribution in [2.45, 2.75) is 13.5 Å². The van der Waals surface area contributed by atoms with Crippen LogP contribution in [0.4, 0.5) is 17.2 Å². The van der Waals surface area contributed by atoms with E-state index in [0.717, 1.165) is 5.56 Å². The maximum atomic E-state index is 13.2. The van der Waals surface area contributed by atoms with Gasteiger partial charge in [0.2, 0.25) is 5.82 Å². The molecule has 0 unspecified atom stereocenters. The fourth-order valence-corrected chi connectivity index (χ4v) is 4.08. The van der Waals surface area contributed by atoms with Crippen molar-refractivity contribution in [1.29, 1.82) is 0 Å². The minimum atomic E-state index is -0.499. The molecule has 0 saturated heterocycles. The van der Waals surface area contributed by atoms with E-state index in [1.165, 1.54) is 10.9 Å². The van der Waals surface area contributed by atoms with Crippen molar-refractivity contribution in [1.82, 2.24) is 14.8 Å². The number of hydrogen-bond donors (Lipinski definition) is 1. The predicted molar refractivity (Wildman–Crippen MR) is 136 cm³/mol. The summed E-state index contributed by atoms with van der Waals surface area (Å²) in [4.78, 5) is 28.8. The highest BCUT2D eigenvalue weighted by atomic mass is 79.9. The Morgan fingerprint density at radius 3 is 2.57 bits per heavy atom. The third-order valence-electron chi connectivity index (χ3n) is 5.34. The first-order valence-electron chi connectivity index (χ1n) is 10.3. The van der Waals surface area contributed by atoms with E-state index in [1.54, 1.807) is 44.4 Å². The van der Waals surface area contributed by atoms with Crippen LogP contribution < -0.4 is 10.1 Å². The van der Waals surface area contributed by atoms with Gasteiger partial charge >= 0.3 is 5.69 Å². The largest absolute Gasteiger partial charge is 0.497 e. The summed E-state index contributed by atoms with van der Waals surface area (Å²) in [6, 6.07) is 15.5. The molecule has 1 N–H and O–H groups in total. The van der Waals surface area contributed by atoms with Crippen LogP contribution in [-0.2, 0) is 6.54 Å². The number of pyridine rings is 1. The Hall–Kier alpha value is -3.76. The number of nitro groups is 1. The lowest BCUT2D eigenvalue weighted by Gasteiger charge is -2.11. The molecular formula is C24H19BrClN5O4. The second-order valence-corrected chi connectivity index (χ2v) is 8.75. The summed E-state index contributed by atoms with van der Waals surface area (Å²) in [6.45, 7) is 1.93. The SMILES string of the molecule is COc1ccc(Cn2nc(Nc3cc(Br)ncc3C(=O)c3ccccc3Cl)c([N+](=O)[O-])c2C)cc1. The minimum Gasteiger partial charge on any atom is -0.497 e. The van der Waals surface area contributed by atoms with Crippen LogP contribution in [0, 0.1) is 17.0 Å². The second kappa shape index (κ2) is 10.2. The van der Waals surface area contributed by atoms with Gasteiger partial charge in [-0.1, -0.05) is 35.9 Å². The summed E-state index contributed by atoms with van der Waals surface area (Å²) in [6.07, 6.45) is 1.38. The summed E-state index contributed by atoms with van der Waals surface area (Å²) in [5.74, 6) is 0.334. The van der Waals surface area contributed by atoms with E-state index in [0.29, 0.717) is 28.3 Å². The van der Waals surface area contributed by atoms with Crippen LogP contribution in [0.1, 0.15) is 27.2 Å². The van der Waals surface area contributed by atoms with Crippen LogP contribution >= 0.6 is 27.5 Å². The van der Waals surface area contributed by atoms with Crippen LogP contribution in [0.25, 0.3) is 0 Å². The maximum absolute atomic E-state index is 13.2. The summed E-state index contributed by atoms with van der Waals surface area (Å²) < 4.78 is 7.15. The highest BCUT2D eigenvalue weighted by Crippen LogP contribution is 2.33. The smallest absolute Gasteiger partial charge is 0.334 e. The standard InChI is InChI=1S/C24H19BrClN5O4/c1-14-22(31(33)34)24(29-30(14)13-15-7-9-16(35-2)10-8-15)28-20-11-21(25)27-12-18(20)23(32)17-5-3-4-6-19(17)26/h3-12H,13H2,1-2H3,(H,27,28,29). The number of nitrogens with zero attached hydrogens (tertiary/aromatic N) is 4. The van der Waals surface area contributed by atoms with Gasteiger partial charge < -0.3 is 10.1 Å². The molecule has 4 rings (SSSR count). The molecule has 0 saturated carbocycles. The molecule has 4 aromatic rings. The fraction of sp³-hybridized carbons (Fsp3) is 0.125. The molecule has 2 heterocycles. The number of ether oxygens (including phenoxy) is 1. The van der Waals surface area contributed by atoms with E-state index in [1.807, 2.05) is 24.3 Å². The molecular weight excluding hydrogens is 538 g/mol. The number of halogens is 2. The molecule has 2 aromatic heterocycles. The number of methoxy groups -OCH3 is 1. The number of aromatic nitrogens is 3. The number of benzene rings is 2. The van der Waals surface area contributed by atoms with E-state index >= 15 is 0 Å². The average molecular weight is 557 g/mol. The molecule has 0 atom stereocenters. The van der Waals surface area contributed by atoms with Crippen molar-refractivity contribution >= 4 is 50.5 Å². The topological polar surface area (TPSA) is 112 Å². The Morgan fingerprint density at radius 1 is 1.20 bits per heavy atom. The molecule has 0 aliphatic rings. The minimum absolute atomic E-state index is 0.00678. The number of hydrogen-bond acceptors (Lipinski definition) is 7. The molecule has 0 amide bonds. The van der Waals surface area contributed by atoms with E-state index in [9.17, 15) is 14.9 Å². The fourth-order valence-electron chi connectivity index (χ4n) is 3.53.